The van der Waals surface area contributed by atoms with E-state index >= 15 is 0 Å². The lowest BCUT2D eigenvalue weighted by Crippen LogP contribution is -2.38. The van der Waals surface area contributed by atoms with Crippen LogP contribution in [-0.2, 0) is 30.6 Å². The summed E-state index contributed by atoms with van der Waals surface area (Å²) in [6.07, 6.45) is -0.688. The molecule has 0 N–H and O–H groups in total. The molecule has 1 aromatic rings. The molecule has 122 valence electrons. The molecule has 0 atom stereocenters. The number of imide groups is 1. The highest BCUT2D eigenvalue weighted by molar-refractivity contribution is 6.01. The van der Waals surface area contributed by atoms with Crippen LogP contribution in [0.3, 0.4) is 0 Å². The first-order chi connectivity index (χ1) is 11.0. The van der Waals surface area contributed by atoms with Gasteiger partial charge in [-0.2, -0.15) is 0 Å². The standard InChI is InChI=1S/C15H16N2O6/c1-16(15(21)22-10-11-5-3-2-4-6-11)9-14(20)23-17-12(18)7-8-13(17)19/h2-6H,7-10H2,1H3. The quantitative estimate of drug-likeness (QED) is 0.747. The van der Waals surface area contributed by atoms with Crippen LogP contribution >= 0.6 is 0 Å². The van der Waals surface area contributed by atoms with Gasteiger partial charge in [-0.3, -0.25) is 9.59 Å². The Kier molecular flexibility index (Phi) is 5.29. The van der Waals surface area contributed by atoms with Crippen LogP contribution in [0.15, 0.2) is 30.3 Å². The molecule has 0 saturated carbocycles. The molecule has 3 amide bonds. The highest BCUT2D eigenvalue weighted by Crippen LogP contribution is 2.12. The molecule has 1 aliphatic rings. The van der Waals surface area contributed by atoms with Gasteiger partial charge in [-0.15, -0.1) is 5.06 Å². The first-order valence-corrected chi connectivity index (χ1v) is 6.96. The minimum atomic E-state index is -0.896. The summed E-state index contributed by atoms with van der Waals surface area (Å²) in [7, 11) is 1.35. The molecule has 1 aromatic carbocycles. The van der Waals surface area contributed by atoms with Gasteiger partial charge in [0.2, 0.25) is 0 Å². The van der Waals surface area contributed by atoms with Gasteiger partial charge in [0, 0.05) is 19.9 Å². The summed E-state index contributed by atoms with van der Waals surface area (Å²) >= 11 is 0. The number of carbonyl (C=O) groups is 4. The number of likely N-dealkylation sites (N-methyl/N-ethyl adjacent to an activating group) is 1. The fourth-order valence-corrected chi connectivity index (χ4v) is 1.88. The zero-order valence-corrected chi connectivity index (χ0v) is 12.6. The van der Waals surface area contributed by atoms with Crippen LogP contribution in [0.4, 0.5) is 4.79 Å². The fraction of sp³-hybridized carbons (Fsp3) is 0.333. The van der Waals surface area contributed by atoms with E-state index in [1.807, 2.05) is 18.2 Å². The second-order valence-electron chi connectivity index (χ2n) is 4.94. The monoisotopic (exact) mass is 320 g/mol. The molecule has 23 heavy (non-hydrogen) atoms. The lowest BCUT2D eigenvalue weighted by Gasteiger charge is -2.18. The average Bonchev–Trinajstić information content (AvgIpc) is 2.85. The van der Waals surface area contributed by atoms with Crippen LogP contribution in [0.5, 0.6) is 0 Å². The zero-order chi connectivity index (χ0) is 16.8. The van der Waals surface area contributed by atoms with E-state index in [0.717, 1.165) is 10.5 Å². The van der Waals surface area contributed by atoms with Crippen molar-refractivity contribution in [2.45, 2.75) is 19.4 Å². The first kappa shape index (κ1) is 16.5. The summed E-state index contributed by atoms with van der Waals surface area (Å²) in [6, 6.07) is 9.06. The van der Waals surface area contributed by atoms with Gasteiger partial charge in [-0.1, -0.05) is 30.3 Å². The number of hydrogen-bond acceptors (Lipinski definition) is 6. The van der Waals surface area contributed by atoms with Crippen molar-refractivity contribution in [3.05, 3.63) is 35.9 Å². The van der Waals surface area contributed by atoms with Gasteiger partial charge in [0.25, 0.3) is 11.8 Å². The van der Waals surface area contributed by atoms with Crippen molar-refractivity contribution in [2.75, 3.05) is 13.6 Å². The van der Waals surface area contributed by atoms with Gasteiger partial charge in [0.15, 0.2) is 0 Å². The predicted molar refractivity (Wildman–Crippen MR) is 76.4 cm³/mol. The third-order valence-electron chi connectivity index (χ3n) is 3.08. The predicted octanol–water partition coefficient (Wildman–Crippen LogP) is 0.862. The lowest BCUT2D eigenvalue weighted by molar-refractivity contribution is -0.197. The largest absolute Gasteiger partial charge is 0.445 e. The van der Waals surface area contributed by atoms with Crippen molar-refractivity contribution in [2.24, 2.45) is 0 Å². The second kappa shape index (κ2) is 7.39. The van der Waals surface area contributed by atoms with Crippen molar-refractivity contribution in [1.29, 1.82) is 0 Å². The van der Waals surface area contributed by atoms with Gasteiger partial charge in [0.1, 0.15) is 13.2 Å². The van der Waals surface area contributed by atoms with E-state index in [0.29, 0.717) is 5.06 Å². The Labute approximate surface area is 132 Å². The van der Waals surface area contributed by atoms with Crippen LogP contribution in [0.2, 0.25) is 0 Å². The van der Waals surface area contributed by atoms with Crippen molar-refractivity contribution < 1.29 is 28.8 Å². The van der Waals surface area contributed by atoms with E-state index < -0.39 is 30.4 Å². The first-order valence-electron chi connectivity index (χ1n) is 6.96. The molecule has 0 aliphatic carbocycles. The van der Waals surface area contributed by atoms with E-state index in [1.165, 1.54) is 7.05 Å². The molecule has 0 spiro atoms. The third kappa shape index (κ3) is 4.53. The number of hydroxylamine groups is 2. The summed E-state index contributed by atoms with van der Waals surface area (Å²) in [6.45, 7) is -0.368. The molecule has 1 fully saturated rings. The number of nitrogens with zero attached hydrogens (tertiary/aromatic N) is 2. The molecule has 1 heterocycles. The molecule has 8 heteroatoms. The number of ether oxygens (including phenoxy) is 1. The molecule has 0 unspecified atom stereocenters. The number of rotatable bonds is 5. The molecule has 0 radical (unpaired) electrons. The van der Waals surface area contributed by atoms with Crippen LogP contribution in [0, 0.1) is 0 Å². The third-order valence-corrected chi connectivity index (χ3v) is 3.08. The molecular weight excluding hydrogens is 304 g/mol. The fourth-order valence-electron chi connectivity index (χ4n) is 1.88. The van der Waals surface area contributed by atoms with Crippen LogP contribution in [0.25, 0.3) is 0 Å². The Morgan fingerprint density at radius 1 is 1.13 bits per heavy atom. The van der Waals surface area contributed by atoms with Crippen LogP contribution in [0.1, 0.15) is 18.4 Å². The van der Waals surface area contributed by atoms with Gasteiger partial charge in [-0.25, -0.2) is 9.59 Å². The van der Waals surface area contributed by atoms with E-state index in [1.54, 1.807) is 12.1 Å². The Morgan fingerprint density at radius 2 is 1.74 bits per heavy atom. The van der Waals surface area contributed by atoms with E-state index in [9.17, 15) is 19.2 Å². The van der Waals surface area contributed by atoms with Gasteiger partial charge >= 0.3 is 12.1 Å². The van der Waals surface area contributed by atoms with Crippen LogP contribution < -0.4 is 0 Å². The highest BCUT2D eigenvalue weighted by Gasteiger charge is 2.33. The Hall–Kier alpha value is -2.90. The summed E-state index contributed by atoms with van der Waals surface area (Å²) in [4.78, 5) is 51.7. The minimum absolute atomic E-state index is 0.0150. The Balaban J connectivity index is 1.77. The van der Waals surface area contributed by atoms with E-state index in [2.05, 4.69) is 4.84 Å². The lowest BCUT2D eigenvalue weighted by atomic mass is 10.2. The Morgan fingerprint density at radius 3 is 2.35 bits per heavy atom. The summed E-state index contributed by atoms with van der Waals surface area (Å²) < 4.78 is 5.03. The zero-order valence-electron chi connectivity index (χ0n) is 12.6. The second-order valence-corrected chi connectivity index (χ2v) is 4.94. The molecular formula is C15H16N2O6. The van der Waals surface area contributed by atoms with Crippen molar-refractivity contribution in [3.8, 4) is 0 Å². The summed E-state index contributed by atoms with van der Waals surface area (Å²) in [5, 5.41) is 0.436. The van der Waals surface area contributed by atoms with Gasteiger partial charge in [0.05, 0.1) is 0 Å². The molecule has 1 saturated heterocycles. The van der Waals surface area contributed by atoms with Crippen molar-refractivity contribution in [1.82, 2.24) is 9.96 Å². The van der Waals surface area contributed by atoms with Gasteiger partial charge in [-0.05, 0) is 5.56 Å². The van der Waals surface area contributed by atoms with E-state index in [-0.39, 0.29) is 19.4 Å². The van der Waals surface area contributed by atoms with Crippen LogP contribution in [-0.4, -0.2) is 47.4 Å². The minimum Gasteiger partial charge on any atom is -0.445 e. The van der Waals surface area contributed by atoms with Crippen molar-refractivity contribution in [3.63, 3.8) is 0 Å². The highest BCUT2D eigenvalue weighted by atomic mass is 16.7. The number of amides is 3. The van der Waals surface area contributed by atoms with E-state index in [4.69, 9.17) is 4.74 Å². The smallest absolute Gasteiger partial charge is 0.410 e. The average molecular weight is 320 g/mol. The maximum absolute atomic E-state index is 11.8. The Bertz CT molecular complexity index is 600. The topological polar surface area (TPSA) is 93.2 Å². The molecule has 8 nitrogen and oxygen atoms in total. The maximum Gasteiger partial charge on any atom is 0.410 e. The molecule has 1 aliphatic heterocycles. The normalized spacial score (nSPS) is 13.9. The maximum atomic E-state index is 11.8. The van der Waals surface area contributed by atoms with Crippen molar-refractivity contribution >= 4 is 23.9 Å². The number of carbonyl (C=O) groups excluding carboxylic acids is 4. The molecule has 2 rings (SSSR count). The summed E-state index contributed by atoms with van der Waals surface area (Å²) in [5.41, 5.74) is 0.810. The summed E-state index contributed by atoms with van der Waals surface area (Å²) in [5.74, 6) is -2.04. The number of hydrogen-bond donors (Lipinski definition) is 0. The molecule has 0 aromatic heterocycles. The number of benzene rings is 1. The molecule has 0 bridgehead atoms. The van der Waals surface area contributed by atoms with Gasteiger partial charge < -0.3 is 14.5 Å². The SMILES string of the molecule is CN(CC(=O)ON1C(=O)CCC1=O)C(=O)OCc1ccccc1.